The minimum atomic E-state index is -0.426. The summed E-state index contributed by atoms with van der Waals surface area (Å²) in [7, 11) is 0. The SMILES string of the molecule is C/C=C(\C=C(/N)C#N)C(/N)=C/C=C\Cc1ccc2c(c1)-c1c(ccc3ccccc13)C2(c1ccccc1)c1ccccc1. The molecule has 0 saturated heterocycles. The molecule has 0 atom stereocenters. The molecule has 0 saturated carbocycles. The summed E-state index contributed by atoms with van der Waals surface area (Å²) in [5.74, 6) is 0. The predicted molar refractivity (Wildman–Crippen MR) is 178 cm³/mol. The molecule has 208 valence electrons. The summed E-state index contributed by atoms with van der Waals surface area (Å²) in [6.07, 6.45) is 10.1. The van der Waals surface area contributed by atoms with E-state index >= 15 is 0 Å². The Morgan fingerprint density at radius 2 is 1.44 bits per heavy atom. The van der Waals surface area contributed by atoms with Crippen LogP contribution in [0.2, 0.25) is 0 Å². The third-order valence-corrected chi connectivity index (χ3v) is 8.35. The lowest BCUT2D eigenvalue weighted by Crippen LogP contribution is -2.28. The number of hydrogen-bond acceptors (Lipinski definition) is 3. The van der Waals surface area contributed by atoms with Crippen molar-refractivity contribution in [2.75, 3.05) is 0 Å². The Morgan fingerprint density at radius 1 is 0.791 bits per heavy atom. The first-order chi connectivity index (χ1) is 21.1. The molecule has 6 rings (SSSR count). The minimum Gasteiger partial charge on any atom is -0.398 e. The van der Waals surface area contributed by atoms with E-state index in [1.54, 1.807) is 6.08 Å². The predicted octanol–water partition coefficient (Wildman–Crippen LogP) is 8.46. The Balaban J connectivity index is 1.49. The van der Waals surface area contributed by atoms with Crippen LogP contribution in [0.25, 0.3) is 21.9 Å². The molecule has 0 bridgehead atoms. The first-order valence-electron chi connectivity index (χ1n) is 14.5. The molecule has 0 amide bonds. The second-order valence-electron chi connectivity index (χ2n) is 10.8. The fourth-order valence-electron chi connectivity index (χ4n) is 6.44. The fourth-order valence-corrected chi connectivity index (χ4v) is 6.44. The van der Waals surface area contributed by atoms with Crippen LogP contribution in [-0.2, 0) is 11.8 Å². The van der Waals surface area contributed by atoms with E-state index < -0.39 is 5.41 Å². The maximum absolute atomic E-state index is 9.00. The van der Waals surface area contributed by atoms with E-state index in [2.05, 4.69) is 121 Å². The largest absolute Gasteiger partial charge is 0.398 e. The Hall–Kier alpha value is -5.59. The van der Waals surface area contributed by atoms with Crippen LogP contribution in [0.3, 0.4) is 0 Å². The van der Waals surface area contributed by atoms with E-state index in [0.29, 0.717) is 5.70 Å². The lowest BCUT2D eigenvalue weighted by Gasteiger charge is -2.34. The van der Waals surface area contributed by atoms with E-state index in [1.807, 2.05) is 31.2 Å². The summed E-state index contributed by atoms with van der Waals surface area (Å²) < 4.78 is 0. The summed E-state index contributed by atoms with van der Waals surface area (Å²) in [6.45, 7) is 1.87. The average molecular weight is 556 g/mol. The van der Waals surface area contributed by atoms with Gasteiger partial charge in [0.1, 0.15) is 11.8 Å². The van der Waals surface area contributed by atoms with E-state index in [0.717, 1.165) is 12.0 Å². The van der Waals surface area contributed by atoms with Crippen molar-refractivity contribution in [1.82, 2.24) is 0 Å². The molecule has 0 aliphatic heterocycles. The number of allylic oxidation sites excluding steroid dienone is 6. The van der Waals surface area contributed by atoms with Crippen molar-refractivity contribution in [3.63, 3.8) is 0 Å². The molecule has 4 N–H and O–H groups in total. The van der Waals surface area contributed by atoms with Crippen molar-refractivity contribution in [2.24, 2.45) is 11.5 Å². The number of hydrogen-bond donors (Lipinski definition) is 2. The van der Waals surface area contributed by atoms with Gasteiger partial charge in [0.2, 0.25) is 0 Å². The molecule has 3 heteroatoms. The first kappa shape index (κ1) is 27.6. The zero-order valence-electron chi connectivity index (χ0n) is 24.2. The van der Waals surface area contributed by atoms with Gasteiger partial charge in [0.25, 0.3) is 0 Å². The third-order valence-electron chi connectivity index (χ3n) is 8.35. The minimum absolute atomic E-state index is 0.126. The maximum Gasteiger partial charge on any atom is 0.117 e. The van der Waals surface area contributed by atoms with Crippen LogP contribution in [0.1, 0.15) is 34.7 Å². The van der Waals surface area contributed by atoms with Gasteiger partial charge in [-0.15, -0.1) is 0 Å². The summed E-state index contributed by atoms with van der Waals surface area (Å²) in [5.41, 5.74) is 21.9. The van der Waals surface area contributed by atoms with E-state index in [9.17, 15) is 0 Å². The quantitative estimate of drug-likeness (QED) is 0.153. The molecule has 5 aromatic carbocycles. The van der Waals surface area contributed by atoms with Gasteiger partial charge >= 0.3 is 0 Å². The normalized spacial score (nSPS) is 14.5. The van der Waals surface area contributed by atoms with Crippen LogP contribution in [0.5, 0.6) is 0 Å². The summed E-state index contributed by atoms with van der Waals surface area (Å²) in [5, 5.41) is 11.5. The van der Waals surface area contributed by atoms with Gasteiger partial charge in [-0.05, 0) is 80.8 Å². The van der Waals surface area contributed by atoms with Gasteiger partial charge in [-0.2, -0.15) is 5.26 Å². The Labute approximate surface area is 253 Å². The lowest BCUT2D eigenvalue weighted by atomic mass is 9.67. The first-order valence-corrected chi connectivity index (χ1v) is 14.5. The van der Waals surface area contributed by atoms with Crippen LogP contribution in [-0.4, -0.2) is 0 Å². The zero-order valence-corrected chi connectivity index (χ0v) is 24.2. The zero-order chi connectivity index (χ0) is 29.8. The number of nitrogens with zero attached hydrogens (tertiary/aromatic N) is 1. The van der Waals surface area contributed by atoms with Crippen LogP contribution < -0.4 is 11.5 Å². The molecule has 0 heterocycles. The van der Waals surface area contributed by atoms with Gasteiger partial charge in [-0.3, -0.25) is 0 Å². The number of nitrogens with two attached hydrogens (primary N) is 2. The van der Waals surface area contributed by atoms with Crippen molar-refractivity contribution in [3.05, 3.63) is 190 Å². The third kappa shape index (κ3) is 4.84. The lowest BCUT2D eigenvalue weighted by molar-refractivity contribution is 0.768. The molecule has 5 aromatic rings. The van der Waals surface area contributed by atoms with Gasteiger partial charge in [0.15, 0.2) is 0 Å². The van der Waals surface area contributed by atoms with Gasteiger partial charge in [0, 0.05) is 5.70 Å². The molecule has 3 nitrogen and oxygen atoms in total. The second kappa shape index (κ2) is 11.7. The van der Waals surface area contributed by atoms with Crippen molar-refractivity contribution in [3.8, 4) is 17.2 Å². The summed E-state index contributed by atoms with van der Waals surface area (Å²) >= 11 is 0. The van der Waals surface area contributed by atoms with E-state index in [4.69, 9.17) is 16.7 Å². The molecular weight excluding hydrogens is 522 g/mol. The van der Waals surface area contributed by atoms with Crippen molar-refractivity contribution < 1.29 is 0 Å². The fraction of sp³-hybridized carbons (Fsp3) is 0.0750. The topological polar surface area (TPSA) is 75.8 Å². The number of fused-ring (bicyclic) bond motifs is 5. The van der Waals surface area contributed by atoms with Crippen LogP contribution in [0, 0.1) is 11.3 Å². The standard InChI is InChI=1S/C40H33N3/c1-2-29(26-33(42)27-41)38(43)20-12-9-13-28-21-23-36-35(25-28)39-34-19-11-10-14-30(34)22-24-37(39)40(36,31-15-5-3-6-16-31)32-17-7-4-8-18-32/h2-12,14-26H,13,42-43H2,1H3/b12-9-,29-2+,33-26-,38-20-. The van der Waals surface area contributed by atoms with Gasteiger partial charge < -0.3 is 11.5 Å². The molecular formula is C40H33N3. The highest BCUT2D eigenvalue weighted by molar-refractivity contribution is 6.04. The maximum atomic E-state index is 9.00. The molecule has 1 aliphatic rings. The number of benzene rings is 5. The van der Waals surface area contributed by atoms with E-state index in [1.165, 1.54) is 49.7 Å². The highest BCUT2D eigenvalue weighted by Crippen LogP contribution is 2.57. The van der Waals surface area contributed by atoms with Gasteiger partial charge in [-0.25, -0.2) is 0 Å². The molecule has 0 unspecified atom stereocenters. The summed E-state index contributed by atoms with van der Waals surface area (Å²) in [6, 6.07) is 43.9. The highest BCUT2D eigenvalue weighted by Gasteiger charge is 2.46. The molecule has 0 fully saturated rings. The Morgan fingerprint density at radius 3 is 2.12 bits per heavy atom. The molecule has 0 aromatic heterocycles. The number of rotatable bonds is 7. The molecule has 1 aliphatic carbocycles. The van der Waals surface area contributed by atoms with Gasteiger partial charge in [0.05, 0.1) is 5.41 Å². The smallest absolute Gasteiger partial charge is 0.117 e. The van der Waals surface area contributed by atoms with Crippen LogP contribution in [0.15, 0.2) is 163 Å². The summed E-state index contributed by atoms with van der Waals surface area (Å²) in [4.78, 5) is 0. The van der Waals surface area contributed by atoms with Crippen molar-refractivity contribution in [1.29, 1.82) is 5.26 Å². The average Bonchev–Trinajstić information content (AvgIpc) is 3.37. The number of nitriles is 1. The van der Waals surface area contributed by atoms with Crippen LogP contribution in [0.4, 0.5) is 0 Å². The molecule has 0 spiro atoms. The second-order valence-corrected chi connectivity index (χ2v) is 10.8. The Kier molecular flexibility index (Phi) is 7.52. The Bertz CT molecular complexity index is 1930. The van der Waals surface area contributed by atoms with Crippen molar-refractivity contribution >= 4 is 10.8 Å². The van der Waals surface area contributed by atoms with Crippen LogP contribution >= 0.6 is 0 Å². The monoisotopic (exact) mass is 555 g/mol. The highest BCUT2D eigenvalue weighted by atomic mass is 14.6. The van der Waals surface area contributed by atoms with E-state index in [-0.39, 0.29) is 5.70 Å². The van der Waals surface area contributed by atoms with Gasteiger partial charge in [-0.1, -0.05) is 133 Å². The molecule has 0 radical (unpaired) electrons. The van der Waals surface area contributed by atoms with Crippen molar-refractivity contribution in [2.45, 2.75) is 18.8 Å². The molecule has 43 heavy (non-hydrogen) atoms.